The van der Waals surface area contributed by atoms with Crippen molar-refractivity contribution in [2.24, 2.45) is 14.1 Å². The van der Waals surface area contributed by atoms with E-state index in [0.29, 0.717) is 12.1 Å². The minimum absolute atomic E-state index is 0. The van der Waals surface area contributed by atoms with Gasteiger partial charge in [0.05, 0.1) is 26.7 Å². The second kappa shape index (κ2) is 8.88. The number of nitrogens with zero attached hydrogens (tertiary/aromatic N) is 5. The van der Waals surface area contributed by atoms with Crippen molar-refractivity contribution in [2.45, 2.75) is 32.0 Å². The molecule has 0 amide bonds. The van der Waals surface area contributed by atoms with Crippen molar-refractivity contribution >= 4 is 11.4 Å². The van der Waals surface area contributed by atoms with Gasteiger partial charge in [0, 0.05) is 17.8 Å². The van der Waals surface area contributed by atoms with E-state index in [1.54, 1.807) is 0 Å². The number of rotatable bonds is 4. The summed E-state index contributed by atoms with van der Waals surface area (Å²) in [5.74, 6) is 0. The van der Waals surface area contributed by atoms with Crippen LogP contribution in [0.25, 0.3) is 0 Å². The predicted octanol–water partition coefficient (Wildman–Crippen LogP) is -4.64. The van der Waals surface area contributed by atoms with Crippen LogP contribution in [0.2, 0.25) is 0 Å². The fourth-order valence-electron chi connectivity index (χ4n) is 3.97. The molecule has 0 radical (unpaired) electrons. The Kier molecular flexibility index (Phi) is 7.01. The van der Waals surface area contributed by atoms with Gasteiger partial charge in [-0.2, -0.15) is 0 Å². The van der Waals surface area contributed by atoms with Crippen LogP contribution in [-0.2, 0) is 20.6 Å². The van der Waals surface area contributed by atoms with Gasteiger partial charge in [0.1, 0.15) is 37.4 Å². The van der Waals surface area contributed by atoms with Gasteiger partial charge >= 0.3 is 0 Å². The maximum atomic E-state index is 6.04. The van der Waals surface area contributed by atoms with E-state index in [-0.39, 0.29) is 24.8 Å². The summed E-state index contributed by atoms with van der Waals surface area (Å²) in [7, 11) is 4.14. The van der Waals surface area contributed by atoms with Gasteiger partial charge in [0.2, 0.25) is 12.7 Å². The number of anilines is 2. The Morgan fingerprint density at radius 3 is 2.39 bits per heavy atom. The van der Waals surface area contributed by atoms with Crippen LogP contribution >= 0.6 is 0 Å². The molecule has 0 aliphatic carbocycles. The summed E-state index contributed by atoms with van der Waals surface area (Å²) in [6.07, 6.45) is 14.0. The van der Waals surface area contributed by atoms with Crippen molar-refractivity contribution in [3.8, 4) is 0 Å². The van der Waals surface area contributed by atoms with E-state index in [1.165, 1.54) is 5.69 Å². The fraction of sp³-hybridized carbons (Fsp3) is 0.400. The summed E-state index contributed by atoms with van der Waals surface area (Å²) in [6.45, 7) is 4.07. The van der Waals surface area contributed by atoms with Crippen molar-refractivity contribution in [2.75, 3.05) is 17.2 Å². The topological polar surface area (TPSA) is 46.9 Å². The molecule has 3 heterocycles. The van der Waals surface area contributed by atoms with Crippen LogP contribution in [0.5, 0.6) is 0 Å². The van der Waals surface area contributed by atoms with E-state index in [2.05, 4.69) is 93.8 Å². The van der Waals surface area contributed by atoms with E-state index < -0.39 is 0 Å². The van der Waals surface area contributed by atoms with E-state index in [9.17, 15) is 0 Å². The molecule has 3 aromatic rings. The highest BCUT2D eigenvalue weighted by Gasteiger charge is 2.37. The molecule has 28 heavy (non-hydrogen) atoms. The maximum Gasteiger partial charge on any atom is 0.243 e. The molecule has 8 heteroatoms. The number of nitrogens with two attached hydrogens (primary N) is 1. The second-order valence-electron chi connectivity index (χ2n) is 7.54. The van der Waals surface area contributed by atoms with Crippen LogP contribution in [0.3, 0.4) is 0 Å². The van der Waals surface area contributed by atoms with E-state index in [4.69, 9.17) is 5.73 Å². The van der Waals surface area contributed by atoms with E-state index in [1.807, 2.05) is 6.07 Å². The van der Waals surface area contributed by atoms with Crippen molar-refractivity contribution in [3.05, 3.63) is 61.2 Å². The predicted molar refractivity (Wildman–Crippen MR) is 102 cm³/mol. The lowest BCUT2D eigenvalue weighted by molar-refractivity contribution is -0.671. The number of imidazole rings is 2. The standard InChI is InChI=1S/C20H28N6.2ClH/c1-16-10-17(4-5-20(16)21)26-13-18(25-9-7-23(3)15-25)11-19(26)12-24-8-6-22(2)14-24;;/h4-10,14-15,18-19H,11-13,21H2,1-3H3;2*1H/q+2;;/p-2. The summed E-state index contributed by atoms with van der Waals surface area (Å²) in [5.41, 5.74) is 9.30. The second-order valence-corrected chi connectivity index (χ2v) is 7.54. The van der Waals surface area contributed by atoms with Crippen LogP contribution in [0.4, 0.5) is 11.4 Å². The first-order valence-corrected chi connectivity index (χ1v) is 9.16. The molecule has 4 rings (SSSR count). The number of hydrogen-bond acceptors (Lipinski definition) is 2. The number of halogens is 2. The quantitative estimate of drug-likeness (QED) is 0.339. The van der Waals surface area contributed by atoms with E-state index in [0.717, 1.165) is 30.8 Å². The van der Waals surface area contributed by atoms with Crippen LogP contribution in [0.15, 0.2) is 55.6 Å². The molecule has 2 N–H and O–H groups in total. The highest BCUT2D eigenvalue weighted by molar-refractivity contribution is 5.59. The molecule has 152 valence electrons. The Hall–Kier alpha value is -2.18. The zero-order valence-electron chi connectivity index (χ0n) is 16.5. The summed E-state index contributed by atoms with van der Waals surface area (Å²) < 4.78 is 8.82. The largest absolute Gasteiger partial charge is 1.00 e. The molecule has 2 atom stereocenters. The summed E-state index contributed by atoms with van der Waals surface area (Å²) in [5, 5.41) is 0. The van der Waals surface area contributed by atoms with Gasteiger partial charge < -0.3 is 35.4 Å². The molecule has 2 unspecified atom stereocenters. The zero-order valence-corrected chi connectivity index (χ0v) is 18.1. The SMILES string of the molecule is Cc1cc(N2CC(n3cc[n+](C)c3)CC2Cn2cc[n+](C)c2)ccc1N.[Cl-].[Cl-]. The van der Waals surface area contributed by atoms with Crippen molar-refractivity contribution in [1.82, 2.24) is 9.13 Å². The molecule has 0 saturated carbocycles. The maximum absolute atomic E-state index is 6.04. The zero-order chi connectivity index (χ0) is 18.3. The molecule has 1 fully saturated rings. The first kappa shape index (κ1) is 22.1. The normalized spacial score (nSPS) is 18.6. The monoisotopic (exact) mass is 422 g/mol. The average Bonchev–Trinajstić information content (AvgIpc) is 3.31. The third kappa shape index (κ3) is 4.45. The van der Waals surface area contributed by atoms with Gasteiger partial charge in [-0.05, 0) is 30.7 Å². The lowest BCUT2D eigenvalue weighted by atomic mass is 10.1. The third-order valence-corrected chi connectivity index (χ3v) is 5.43. The third-order valence-electron chi connectivity index (χ3n) is 5.43. The first-order chi connectivity index (χ1) is 12.5. The molecule has 1 aliphatic rings. The van der Waals surface area contributed by atoms with Gasteiger partial charge in [-0.1, -0.05) is 0 Å². The Balaban J connectivity index is 0.00000140. The minimum atomic E-state index is 0. The van der Waals surface area contributed by atoms with Crippen LogP contribution < -0.4 is 44.6 Å². The smallest absolute Gasteiger partial charge is 0.243 e. The van der Waals surface area contributed by atoms with Crippen LogP contribution in [0.1, 0.15) is 18.0 Å². The van der Waals surface area contributed by atoms with Gasteiger partial charge in [-0.3, -0.25) is 0 Å². The summed E-state index contributed by atoms with van der Waals surface area (Å²) >= 11 is 0. The molecule has 0 bridgehead atoms. The number of aryl methyl sites for hydroxylation is 3. The lowest BCUT2D eigenvalue weighted by Crippen LogP contribution is -3.00. The Morgan fingerprint density at radius 1 is 1.07 bits per heavy atom. The molecule has 1 saturated heterocycles. The minimum Gasteiger partial charge on any atom is -1.00 e. The highest BCUT2D eigenvalue weighted by Crippen LogP contribution is 2.33. The summed E-state index contributed by atoms with van der Waals surface area (Å²) in [6, 6.07) is 7.32. The first-order valence-electron chi connectivity index (χ1n) is 9.16. The van der Waals surface area contributed by atoms with Crippen molar-refractivity contribution in [3.63, 3.8) is 0 Å². The molecular weight excluding hydrogens is 395 g/mol. The molecule has 1 aromatic carbocycles. The Morgan fingerprint density at radius 2 is 1.79 bits per heavy atom. The van der Waals surface area contributed by atoms with Crippen LogP contribution in [-0.4, -0.2) is 21.7 Å². The molecule has 1 aliphatic heterocycles. The van der Waals surface area contributed by atoms with E-state index >= 15 is 0 Å². The highest BCUT2D eigenvalue weighted by atomic mass is 35.5. The lowest BCUT2D eigenvalue weighted by Gasteiger charge is -2.25. The number of nitrogen functional groups attached to an aromatic ring is 1. The molecule has 6 nitrogen and oxygen atoms in total. The number of aromatic nitrogens is 4. The Labute approximate surface area is 179 Å². The van der Waals surface area contributed by atoms with Gasteiger partial charge in [0.25, 0.3) is 0 Å². The fourth-order valence-corrected chi connectivity index (χ4v) is 3.97. The number of hydrogen-bond donors (Lipinski definition) is 1. The Bertz CT molecular complexity index is 919. The average molecular weight is 423 g/mol. The summed E-state index contributed by atoms with van der Waals surface area (Å²) in [4.78, 5) is 2.54. The van der Waals surface area contributed by atoms with Crippen LogP contribution in [0, 0.1) is 6.92 Å². The van der Waals surface area contributed by atoms with Gasteiger partial charge in [-0.25, -0.2) is 18.3 Å². The van der Waals surface area contributed by atoms with Crippen molar-refractivity contribution < 1.29 is 33.9 Å². The van der Waals surface area contributed by atoms with Crippen molar-refractivity contribution in [1.29, 1.82) is 0 Å². The van der Waals surface area contributed by atoms with Gasteiger partial charge in [0.15, 0.2) is 0 Å². The molecule has 0 spiro atoms. The molecule has 2 aromatic heterocycles. The van der Waals surface area contributed by atoms with Gasteiger partial charge in [-0.15, -0.1) is 0 Å². The molecular formula is C20H28Cl2N6. The number of benzene rings is 1.